The van der Waals surface area contributed by atoms with Gasteiger partial charge < -0.3 is 14.8 Å². The van der Waals surface area contributed by atoms with Gasteiger partial charge in [0.1, 0.15) is 0 Å². The molecule has 0 aromatic heterocycles. The topological polar surface area (TPSA) is 47.6 Å². The SMILES string of the molecule is COC(=O)C1CNCC12CCOC(C)C2. The van der Waals surface area contributed by atoms with Crippen molar-refractivity contribution in [1.29, 1.82) is 0 Å². The van der Waals surface area contributed by atoms with Crippen molar-refractivity contribution in [2.45, 2.75) is 25.9 Å². The molecule has 0 aliphatic carbocycles. The highest BCUT2D eigenvalue weighted by molar-refractivity contribution is 5.74. The van der Waals surface area contributed by atoms with E-state index in [1.165, 1.54) is 7.11 Å². The van der Waals surface area contributed by atoms with Crippen molar-refractivity contribution in [2.24, 2.45) is 11.3 Å². The zero-order valence-corrected chi connectivity index (χ0v) is 9.41. The quantitative estimate of drug-likeness (QED) is 0.647. The third-order valence-corrected chi connectivity index (χ3v) is 3.75. The van der Waals surface area contributed by atoms with Gasteiger partial charge in [0.15, 0.2) is 0 Å². The van der Waals surface area contributed by atoms with Crippen LogP contribution in [0, 0.1) is 11.3 Å². The van der Waals surface area contributed by atoms with Crippen molar-refractivity contribution in [1.82, 2.24) is 5.32 Å². The van der Waals surface area contributed by atoms with Gasteiger partial charge in [0, 0.05) is 25.1 Å². The van der Waals surface area contributed by atoms with E-state index in [0.717, 1.165) is 32.5 Å². The maximum absolute atomic E-state index is 11.7. The van der Waals surface area contributed by atoms with Gasteiger partial charge in [-0.05, 0) is 19.8 Å². The van der Waals surface area contributed by atoms with E-state index in [4.69, 9.17) is 9.47 Å². The standard InChI is InChI=1S/C11H19NO3/c1-8-5-11(3-4-15-8)7-12-6-9(11)10(13)14-2/h8-9,12H,3-7H2,1-2H3. The summed E-state index contributed by atoms with van der Waals surface area (Å²) in [5.74, 6) is -0.0667. The molecule has 0 aromatic carbocycles. The second-order valence-corrected chi connectivity index (χ2v) is 4.70. The number of esters is 1. The number of rotatable bonds is 1. The summed E-state index contributed by atoms with van der Waals surface area (Å²) in [7, 11) is 1.47. The molecule has 2 heterocycles. The molecule has 0 amide bonds. The first kappa shape index (κ1) is 10.9. The largest absolute Gasteiger partial charge is 0.469 e. The van der Waals surface area contributed by atoms with E-state index in [1.807, 2.05) is 0 Å². The Kier molecular flexibility index (Phi) is 2.98. The number of ether oxygens (including phenoxy) is 2. The zero-order chi connectivity index (χ0) is 10.9. The van der Waals surface area contributed by atoms with Crippen molar-refractivity contribution in [3.05, 3.63) is 0 Å². The molecule has 15 heavy (non-hydrogen) atoms. The normalized spacial score (nSPS) is 40.7. The van der Waals surface area contributed by atoms with E-state index < -0.39 is 0 Å². The number of methoxy groups -OCH3 is 1. The summed E-state index contributed by atoms with van der Waals surface area (Å²) in [6, 6.07) is 0. The van der Waals surface area contributed by atoms with Gasteiger partial charge in [-0.1, -0.05) is 0 Å². The minimum absolute atomic E-state index is 0.00819. The maximum atomic E-state index is 11.7. The molecular formula is C11H19NO3. The second-order valence-electron chi connectivity index (χ2n) is 4.70. The van der Waals surface area contributed by atoms with Crippen LogP contribution in [-0.4, -0.2) is 38.9 Å². The molecule has 1 spiro atoms. The van der Waals surface area contributed by atoms with Crippen LogP contribution in [0.15, 0.2) is 0 Å². The average Bonchev–Trinajstić information content (AvgIpc) is 2.60. The molecule has 4 heteroatoms. The molecule has 0 bridgehead atoms. The molecule has 2 aliphatic heterocycles. The van der Waals surface area contributed by atoms with Gasteiger partial charge in [0.25, 0.3) is 0 Å². The predicted octanol–water partition coefficient (Wildman–Crippen LogP) is 0.564. The van der Waals surface area contributed by atoms with Crippen LogP contribution in [0.2, 0.25) is 0 Å². The molecule has 2 rings (SSSR count). The summed E-state index contributed by atoms with van der Waals surface area (Å²) < 4.78 is 10.4. The Morgan fingerprint density at radius 1 is 1.60 bits per heavy atom. The summed E-state index contributed by atoms with van der Waals surface area (Å²) in [6.07, 6.45) is 2.18. The van der Waals surface area contributed by atoms with E-state index in [9.17, 15) is 4.79 Å². The lowest BCUT2D eigenvalue weighted by Gasteiger charge is -2.39. The molecule has 0 radical (unpaired) electrons. The molecule has 3 atom stereocenters. The fourth-order valence-corrected chi connectivity index (χ4v) is 2.95. The van der Waals surface area contributed by atoms with Gasteiger partial charge in [-0.25, -0.2) is 0 Å². The highest BCUT2D eigenvalue weighted by Gasteiger charge is 2.49. The molecule has 0 aromatic rings. The zero-order valence-electron chi connectivity index (χ0n) is 9.41. The molecule has 0 saturated carbocycles. The van der Waals surface area contributed by atoms with Crippen LogP contribution in [0.3, 0.4) is 0 Å². The number of hydrogen-bond donors (Lipinski definition) is 1. The fourth-order valence-electron chi connectivity index (χ4n) is 2.95. The van der Waals surface area contributed by atoms with Gasteiger partial charge in [0.2, 0.25) is 0 Å². The predicted molar refractivity (Wildman–Crippen MR) is 55.5 cm³/mol. The third-order valence-electron chi connectivity index (χ3n) is 3.75. The first-order valence-corrected chi connectivity index (χ1v) is 5.58. The summed E-state index contributed by atoms with van der Waals surface area (Å²) in [4.78, 5) is 11.7. The summed E-state index contributed by atoms with van der Waals surface area (Å²) in [6.45, 7) is 4.50. The first-order chi connectivity index (χ1) is 7.18. The molecule has 2 aliphatic rings. The van der Waals surface area contributed by atoms with Gasteiger partial charge in [-0.15, -0.1) is 0 Å². The van der Waals surface area contributed by atoms with Crippen molar-refractivity contribution < 1.29 is 14.3 Å². The van der Waals surface area contributed by atoms with E-state index in [0.29, 0.717) is 0 Å². The van der Waals surface area contributed by atoms with Crippen LogP contribution in [0.4, 0.5) is 0 Å². The molecule has 2 saturated heterocycles. The van der Waals surface area contributed by atoms with Gasteiger partial charge >= 0.3 is 5.97 Å². The third kappa shape index (κ3) is 1.88. The van der Waals surface area contributed by atoms with Crippen LogP contribution in [0.5, 0.6) is 0 Å². The molecule has 4 nitrogen and oxygen atoms in total. The Bertz CT molecular complexity index is 256. The van der Waals surface area contributed by atoms with Crippen LogP contribution >= 0.6 is 0 Å². The minimum Gasteiger partial charge on any atom is -0.469 e. The Labute approximate surface area is 90.3 Å². The monoisotopic (exact) mass is 213 g/mol. The van der Waals surface area contributed by atoms with E-state index in [1.54, 1.807) is 0 Å². The van der Waals surface area contributed by atoms with Gasteiger partial charge in [0.05, 0.1) is 19.1 Å². The Morgan fingerprint density at radius 2 is 2.40 bits per heavy atom. The molecule has 3 unspecified atom stereocenters. The van der Waals surface area contributed by atoms with E-state index >= 15 is 0 Å². The number of carbonyl (C=O) groups excluding carboxylic acids is 1. The Morgan fingerprint density at radius 3 is 3.07 bits per heavy atom. The van der Waals surface area contributed by atoms with Crippen LogP contribution in [-0.2, 0) is 14.3 Å². The molecule has 2 fully saturated rings. The van der Waals surface area contributed by atoms with Crippen LogP contribution < -0.4 is 5.32 Å². The molecule has 1 N–H and O–H groups in total. The Hall–Kier alpha value is -0.610. The lowest BCUT2D eigenvalue weighted by atomic mass is 9.70. The van der Waals surface area contributed by atoms with Gasteiger partial charge in [-0.2, -0.15) is 0 Å². The van der Waals surface area contributed by atoms with Gasteiger partial charge in [-0.3, -0.25) is 4.79 Å². The lowest BCUT2D eigenvalue weighted by molar-refractivity contribution is -0.152. The van der Waals surface area contributed by atoms with Crippen molar-refractivity contribution in [3.63, 3.8) is 0 Å². The van der Waals surface area contributed by atoms with Crippen molar-refractivity contribution >= 4 is 5.97 Å². The highest BCUT2D eigenvalue weighted by Crippen LogP contribution is 2.43. The lowest BCUT2D eigenvalue weighted by Crippen LogP contribution is -2.43. The van der Waals surface area contributed by atoms with Crippen LogP contribution in [0.25, 0.3) is 0 Å². The average molecular weight is 213 g/mol. The maximum Gasteiger partial charge on any atom is 0.310 e. The smallest absolute Gasteiger partial charge is 0.310 e. The molecule has 86 valence electrons. The second kappa shape index (κ2) is 4.10. The number of hydrogen-bond acceptors (Lipinski definition) is 4. The van der Waals surface area contributed by atoms with E-state index in [-0.39, 0.29) is 23.4 Å². The molecular weight excluding hydrogens is 194 g/mol. The summed E-state index contributed by atoms with van der Waals surface area (Å²) >= 11 is 0. The van der Waals surface area contributed by atoms with Crippen LogP contribution in [0.1, 0.15) is 19.8 Å². The van der Waals surface area contributed by atoms with E-state index in [2.05, 4.69) is 12.2 Å². The highest BCUT2D eigenvalue weighted by atomic mass is 16.5. The van der Waals surface area contributed by atoms with Crippen molar-refractivity contribution in [2.75, 3.05) is 26.8 Å². The minimum atomic E-state index is -0.0749. The number of carbonyl (C=O) groups is 1. The van der Waals surface area contributed by atoms with Crippen molar-refractivity contribution in [3.8, 4) is 0 Å². The summed E-state index contributed by atoms with van der Waals surface area (Å²) in [5, 5.41) is 3.31. The Balaban J connectivity index is 2.14. The number of nitrogens with one attached hydrogen (secondary N) is 1. The first-order valence-electron chi connectivity index (χ1n) is 5.58. The fraction of sp³-hybridized carbons (Fsp3) is 0.909. The summed E-state index contributed by atoms with van der Waals surface area (Å²) in [5.41, 5.74) is 0.0742.